The van der Waals surface area contributed by atoms with Crippen LogP contribution in [0.3, 0.4) is 0 Å². The van der Waals surface area contributed by atoms with Crippen molar-refractivity contribution in [2.45, 2.75) is 52.0 Å². The first kappa shape index (κ1) is 23.8. The van der Waals surface area contributed by atoms with E-state index in [4.69, 9.17) is 4.74 Å². The molecule has 10 nitrogen and oxygen atoms in total. The maximum atomic E-state index is 12.9. The van der Waals surface area contributed by atoms with E-state index in [-0.39, 0.29) is 36.5 Å². The molecule has 3 heterocycles. The van der Waals surface area contributed by atoms with Crippen molar-refractivity contribution in [2.75, 3.05) is 26.7 Å². The average molecular weight is 445 g/mol. The highest BCUT2D eigenvalue weighted by Gasteiger charge is 2.29. The van der Waals surface area contributed by atoms with Gasteiger partial charge in [0.2, 0.25) is 5.91 Å². The minimum atomic E-state index is -0.338. The summed E-state index contributed by atoms with van der Waals surface area (Å²) in [6, 6.07) is 3.06. The maximum Gasteiger partial charge on any atom is 0.253 e. The third kappa shape index (κ3) is 5.89. The highest BCUT2D eigenvalue weighted by Crippen LogP contribution is 2.18. The van der Waals surface area contributed by atoms with Crippen LogP contribution in [0.1, 0.15) is 42.7 Å². The van der Waals surface area contributed by atoms with Gasteiger partial charge >= 0.3 is 0 Å². The zero-order valence-corrected chi connectivity index (χ0v) is 18.9. The molecule has 3 rings (SSSR count). The van der Waals surface area contributed by atoms with E-state index < -0.39 is 0 Å². The largest absolute Gasteiger partial charge is 0.394 e. The Kier molecular flexibility index (Phi) is 8.29. The summed E-state index contributed by atoms with van der Waals surface area (Å²) in [5, 5.41) is 17.8. The number of aryl methyl sites for hydroxylation is 1. The van der Waals surface area contributed by atoms with Gasteiger partial charge in [0.05, 0.1) is 37.3 Å². The molecule has 1 N–H and O–H groups in total. The first-order valence-electron chi connectivity index (χ1n) is 11.0. The molecule has 2 aromatic heterocycles. The third-order valence-electron chi connectivity index (χ3n) is 5.87. The molecule has 2 amide bonds. The van der Waals surface area contributed by atoms with Gasteiger partial charge in [0.15, 0.2) is 0 Å². The second kappa shape index (κ2) is 11.1. The number of aliphatic hydroxyl groups excluding tert-OH is 1. The van der Waals surface area contributed by atoms with E-state index in [0.29, 0.717) is 44.6 Å². The number of pyridine rings is 1. The number of carbonyl (C=O) groups is 2. The van der Waals surface area contributed by atoms with E-state index >= 15 is 0 Å². The standard InChI is InChI=1S/C22H32N6O4/c1-16-12-27(17(2)14-29)21(30)5-4-10-28-19(11-24-25-28)15-32-20(16)13-26(3)22(31)18-6-8-23-9-7-18/h6-9,11,16-17,20,29H,4-5,10,12-15H2,1-3H3/t16-,17-,20+/m1/s1. The Morgan fingerprint density at radius 1 is 1.38 bits per heavy atom. The van der Waals surface area contributed by atoms with Gasteiger partial charge in [0.25, 0.3) is 5.91 Å². The second-order valence-corrected chi connectivity index (χ2v) is 8.38. The van der Waals surface area contributed by atoms with Crippen LogP contribution in [0.5, 0.6) is 0 Å². The number of amides is 2. The number of hydrogen-bond acceptors (Lipinski definition) is 7. The Labute approximate surface area is 188 Å². The molecule has 2 aromatic rings. The first-order chi connectivity index (χ1) is 15.4. The van der Waals surface area contributed by atoms with E-state index in [9.17, 15) is 14.7 Å². The van der Waals surface area contributed by atoms with Crippen molar-refractivity contribution in [2.24, 2.45) is 5.92 Å². The van der Waals surface area contributed by atoms with Crippen molar-refractivity contribution in [3.63, 3.8) is 0 Å². The normalized spacial score (nSPS) is 21.2. The minimum absolute atomic E-state index is 0.0133. The molecule has 1 aliphatic rings. The zero-order valence-electron chi connectivity index (χ0n) is 18.9. The van der Waals surface area contributed by atoms with Gasteiger partial charge in [0.1, 0.15) is 0 Å². The molecule has 1 aliphatic heterocycles. The number of rotatable bonds is 5. The topological polar surface area (TPSA) is 114 Å². The zero-order chi connectivity index (χ0) is 23.1. The minimum Gasteiger partial charge on any atom is -0.394 e. The second-order valence-electron chi connectivity index (χ2n) is 8.38. The number of nitrogens with zero attached hydrogens (tertiary/aromatic N) is 6. The summed E-state index contributed by atoms with van der Waals surface area (Å²) in [5.74, 6) is -0.220. The van der Waals surface area contributed by atoms with Gasteiger partial charge in [0, 0.05) is 57.0 Å². The summed E-state index contributed by atoms with van der Waals surface area (Å²) < 4.78 is 8.01. The molecule has 0 fully saturated rings. The van der Waals surface area contributed by atoms with E-state index in [0.717, 1.165) is 5.69 Å². The quantitative estimate of drug-likeness (QED) is 0.731. The predicted molar refractivity (Wildman–Crippen MR) is 116 cm³/mol. The smallest absolute Gasteiger partial charge is 0.253 e. The number of hydrogen-bond donors (Lipinski definition) is 1. The maximum absolute atomic E-state index is 12.9. The Morgan fingerprint density at radius 2 is 2.12 bits per heavy atom. The van der Waals surface area contributed by atoms with E-state index in [1.54, 1.807) is 52.3 Å². The molecule has 0 unspecified atom stereocenters. The third-order valence-corrected chi connectivity index (χ3v) is 5.87. The van der Waals surface area contributed by atoms with Crippen LogP contribution in [0.25, 0.3) is 0 Å². The number of aromatic nitrogens is 4. The molecule has 0 bridgehead atoms. The van der Waals surface area contributed by atoms with Crippen molar-refractivity contribution in [1.29, 1.82) is 0 Å². The molecule has 0 saturated heterocycles. The molecule has 0 saturated carbocycles. The Bertz CT molecular complexity index is 890. The van der Waals surface area contributed by atoms with Gasteiger partial charge in [-0.1, -0.05) is 12.1 Å². The molecule has 0 aliphatic carbocycles. The van der Waals surface area contributed by atoms with Crippen molar-refractivity contribution in [3.05, 3.63) is 42.0 Å². The van der Waals surface area contributed by atoms with Gasteiger partial charge < -0.3 is 19.6 Å². The van der Waals surface area contributed by atoms with Gasteiger partial charge in [-0.05, 0) is 25.5 Å². The van der Waals surface area contributed by atoms with Crippen molar-refractivity contribution >= 4 is 11.8 Å². The molecule has 32 heavy (non-hydrogen) atoms. The predicted octanol–water partition coefficient (Wildman–Crippen LogP) is 0.970. The number of ether oxygens (including phenoxy) is 1. The summed E-state index contributed by atoms with van der Waals surface area (Å²) in [7, 11) is 1.74. The lowest BCUT2D eigenvalue weighted by molar-refractivity contribution is -0.136. The van der Waals surface area contributed by atoms with Crippen molar-refractivity contribution < 1.29 is 19.4 Å². The van der Waals surface area contributed by atoms with Gasteiger partial charge in [-0.2, -0.15) is 0 Å². The lowest BCUT2D eigenvalue weighted by Gasteiger charge is -2.35. The number of carbonyl (C=O) groups excluding carboxylic acids is 2. The monoisotopic (exact) mass is 444 g/mol. The van der Waals surface area contributed by atoms with E-state index in [1.807, 2.05) is 13.8 Å². The Morgan fingerprint density at radius 3 is 2.84 bits per heavy atom. The molecule has 3 atom stereocenters. The van der Waals surface area contributed by atoms with Crippen LogP contribution in [0.4, 0.5) is 0 Å². The van der Waals surface area contributed by atoms with Crippen LogP contribution in [0, 0.1) is 5.92 Å². The highest BCUT2D eigenvalue weighted by atomic mass is 16.5. The molecule has 10 heteroatoms. The lowest BCUT2D eigenvalue weighted by atomic mass is 10.0. The molecular formula is C22H32N6O4. The Hall–Kier alpha value is -2.85. The summed E-state index contributed by atoms with van der Waals surface area (Å²) >= 11 is 0. The number of aliphatic hydroxyl groups is 1. The van der Waals surface area contributed by atoms with Crippen LogP contribution >= 0.6 is 0 Å². The highest BCUT2D eigenvalue weighted by molar-refractivity contribution is 5.93. The van der Waals surface area contributed by atoms with Crippen LogP contribution in [-0.4, -0.2) is 85.6 Å². The fourth-order valence-electron chi connectivity index (χ4n) is 3.81. The summed E-state index contributed by atoms with van der Waals surface area (Å²) in [4.78, 5) is 33.1. The van der Waals surface area contributed by atoms with Crippen molar-refractivity contribution in [3.8, 4) is 0 Å². The van der Waals surface area contributed by atoms with E-state index in [2.05, 4.69) is 15.3 Å². The van der Waals surface area contributed by atoms with Crippen LogP contribution in [-0.2, 0) is 22.7 Å². The SMILES string of the molecule is C[C@@H]1CN([C@H](C)CO)C(=O)CCCn2nncc2CO[C@H]1CN(C)C(=O)c1ccncc1. The van der Waals surface area contributed by atoms with Crippen LogP contribution < -0.4 is 0 Å². The summed E-state index contributed by atoms with van der Waals surface area (Å²) in [5.41, 5.74) is 1.38. The molecule has 174 valence electrons. The van der Waals surface area contributed by atoms with Crippen LogP contribution in [0.2, 0.25) is 0 Å². The fraction of sp³-hybridized carbons (Fsp3) is 0.591. The number of likely N-dealkylation sites (N-methyl/N-ethyl adjacent to an activating group) is 1. The van der Waals surface area contributed by atoms with Gasteiger partial charge in [-0.3, -0.25) is 14.6 Å². The Balaban J connectivity index is 1.81. The van der Waals surface area contributed by atoms with Gasteiger partial charge in [-0.15, -0.1) is 5.10 Å². The molecule has 0 radical (unpaired) electrons. The molecule has 0 aromatic carbocycles. The lowest BCUT2D eigenvalue weighted by Crippen LogP contribution is -2.48. The van der Waals surface area contributed by atoms with Gasteiger partial charge in [-0.25, -0.2) is 4.68 Å². The number of fused-ring (bicyclic) bond motifs is 1. The fourth-order valence-corrected chi connectivity index (χ4v) is 3.81. The summed E-state index contributed by atoms with van der Waals surface area (Å²) in [6.45, 7) is 5.37. The molecular weight excluding hydrogens is 412 g/mol. The van der Waals surface area contributed by atoms with Crippen LogP contribution in [0.15, 0.2) is 30.7 Å². The molecule has 0 spiro atoms. The average Bonchev–Trinajstić information content (AvgIpc) is 3.25. The van der Waals surface area contributed by atoms with E-state index in [1.165, 1.54) is 0 Å². The van der Waals surface area contributed by atoms with Crippen molar-refractivity contribution in [1.82, 2.24) is 29.8 Å². The first-order valence-corrected chi connectivity index (χ1v) is 11.0. The summed E-state index contributed by atoms with van der Waals surface area (Å²) in [6.07, 6.45) is 5.50.